The number of piperazine rings is 1. The number of benzene rings is 1. The zero-order chi connectivity index (χ0) is 16.2. The maximum atomic E-state index is 12.4. The van der Waals surface area contributed by atoms with Gasteiger partial charge in [0.05, 0.1) is 6.04 Å². The molecule has 2 aliphatic rings. The standard InChI is InChI=1S/C19H29N3O/c1-15-7-3-6-10-18(15)22-13-11-21(12-14-22)16(2)19(23)20-17-8-4-5-9-17/h3,6-7,10,16-17H,4-5,8-9,11-14H2,1-2H3,(H,20,23). The van der Waals surface area contributed by atoms with Crippen molar-refractivity contribution < 1.29 is 4.79 Å². The highest BCUT2D eigenvalue weighted by atomic mass is 16.2. The van der Waals surface area contributed by atoms with Gasteiger partial charge in [-0.1, -0.05) is 31.0 Å². The average molecular weight is 315 g/mol. The summed E-state index contributed by atoms with van der Waals surface area (Å²) in [5, 5.41) is 3.23. The average Bonchev–Trinajstić information content (AvgIpc) is 3.08. The van der Waals surface area contributed by atoms with E-state index >= 15 is 0 Å². The molecule has 1 amide bonds. The van der Waals surface area contributed by atoms with Crippen LogP contribution in [0.2, 0.25) is 0 Å². The fourth-order valence-electron chi connectivity index (χ4n) is 3.83. The summed E-state index contributed by atoms with van der Waals surface area (Å²) >= 11 is 0. The predicted molar refractivity (Wildman–Crippen MR) is 94.8 cm³/mol. The Labute approximate surface area is 139 Å². The Kier molecular flexibility index (Phi) is 5.21. The summed E-state index contributed by atoms with van der Waals surface area (Å²) in [6.07, 6.45) is 4.82. The minimum Gasteiger partial charge on any atom is -0.369 e. The van der Waals surface area contributed by atoms with Crippen molar-refractivity contribution in [3.8, 4) is 0 Å². The van der Waals surface area contributed by atoms with Crippen LogP contribution in [0.15, 0.2) is 24.3 Å². The van der Waals surface area contributed by atoms with E-state index in [2.05, 4.69) is 46.3 Å². The highest BCUT2D eigenvalue weighted by molar-refractivity contribution is 5.81. The summed E-state index contributed by atoms with van der Waals surface area (Å²) in [5.74, 6) is 0.209. The van der Waals surface area contributed by atoms with Gasteiger partial charge >= 0.3 is 0 Å². The van der Waals surface area contributed by atoms with Crippen molar-refractivity contribution in [3.63, 3.8) is 0 Å². The van der Waals surface area contributed by atoms with Gasteiger partial charge in [0.15, 0.2) is 0 Å². The molecular weight excluding hydrogens is 286 g/mol. The van der Waals surface area contributed by atoms with Crippen LogP contribution in [0.4, 0.5) is 5.69 Å². The maximum absolute atomic E-state index is 12.4. The molecule has 1 aromatic rings. The van der Waals surface area contributed by atoms with Gasteiger partial charge in [0.1, 0.15) is 0 Å². The lowest BCUT2D eigenvalue weighted by molar-refractivity contribution is -0.126. The van der Waals surface area contributed by atoms with E-state index in [1.807, 2.05) is 6.92 Å². The first-order valence-electron chi connectivity index (χ1n) is 9.00. The molecule has 1 saturated carbocycles. The lowest BCUT2D eigenvalue weighted by Gasteiger charge is -2.39. The van der Waals surface area contributed by atoms with Crippen molar-refractivity contribution in [2.45, 2.75) is 51.6 Å². The molecule has 126 valence electrons. The normalized spacial score (nSPS) is 21.4. The number of aryl methyl sites for hydroxylation is 1. The lowest BCUT2D eigenvalue weighted by Crippen LogP contribution is -2.55. The molecule has 4 nitrogen and oxygen atoms in total. The third-order valence-corrected chi connectivity index (χ3v) is 5.40. The molecule has 1 aromatic carbocycles. The van der Waals surface area contributed by atoms with Crippen LogP contribution in [0.25, 0.3) is 0 Å². The Balaban J connectivity index is 1.51. The molecule has 2 fully saturated rings. The molecule has 1 aliphatic carbocycles. The molecule has 4 heteroatoms. The number of nitrogens with zero attached hydrogens (tertiary/aromatic N) is 2. The second-order valence-electron chi connectivity index (χ2n) is 6.98. The summed E-state index contributed by atoms with van der Waals surface area (Å²) < 4.78 is 0. The fraction of sp³-hybridized carbons (Fsp3) is 0.632. The Morgan fingerprint density at radius 1 is 1.13 bits per heavy atom. The summed E-state index contributed by atoms with van der Waals surface area (Å²) in [6.45, 7) is 8.10. The van der Waals surface area contributed by atoms with E-state index in [0.717, 1.165) is 39.0 Å². The third-order valence-electron chi connectivity index (χ3n) is 5.40. The summed E-state index contributed by atoms with van der Waals surface area (Å²) in [6, 6.07) is 8.95. The van der Waals surface area contributed by atoms with Crippen LogP contribution in [-0.2, 0) is 4.79 Å². The Morgan fingerprint density at radius 2 is 1.78 bits per heavy atom. The van der Waals surface area contributed by atoms with Gasteiger partial charge in [-0.15, -0.1) is 0 Å². The molecule has 0 aromatic heterocycles. The molecular formula is C19H29N3O. The molecule has 0 spiro atoms. The van der Waals surface area contributed by atoms with E-state index in [1.165, 1.54) is 24.1 Å². The second kappa shape index (κ2) is 7.35. The van der Waals surface area contributed by atoms with E-state index in [4.69, 9.17) is 0 Å². The van der Waals surface area contributed by atoms with Crippen LogP contribution in [-0.4, -0.2) is 49.1 Å². The Bertz CT molecular complexity index is 531. The zero-order valence-corrected chi connectivity index (χ0v) is 14.4. The summed E-state index contributed by atoms with van der Waals surface area (Å²) in [7, 11) is 0. The number of amides is 1. The van der Waals surface area contributed by atoms with Crippen LogP contribution < -0.4 is 10.2 Å². The van der Waals surface area contributed by atoms with Gasteiger partial charge in [0, 0.05) is 37.9 Å². The predicted octanol–water partition coefficient (Wildman–Crippen LogP) is 2.56. The second-order valence-corrected chi connectivity index (χ2v) is 6.98. The summed E-state index contributed by atoms with van der Waals surface area (Å²) in [4.78, 5) is 17.2. The van der Waals surface area contributed by atoms with E-state index in [0.29, 0.717) is 6.04 Å². The van der Waals surface area contributed by atoms with Gasteiger partial charge in [-0.3, -0.25) is 9.69 Å². The summed E-state index contributed by atoms with van der Waals surface area (Å²) in [5.41, 5.74) is 2.66. The van der Waals surface area contributed by atoms with Gasteiger partial charge < -0.3 is 10.2 Å². The quantitative estimate of drug-likeness (QED) is 0.927. The van der Waals surface area contributed by atoms with Gasteiger partial charge in [-0.25, -0.2) is 0 Å². The van der Waals surface area contributed by atoms with Crippen LogP contribution in [0.3, 0.4) is 0 Å². The molecule has 0 radical (unpaired) electrons. The minimum absolute atomic E-state index is 0.0189. The molecule has 1 aliphatic heterocycles. The fourth-order valence-corrected chi connectivity index (χ4v) is 3.83. The van der Waals surface area contributed by atoms with Crippen LogP contribution in [0.1, 0.15) is 38.2 Å². The number of carbonyl (C=O) groups is 1. The number of hydrogen-bond donors (Lipinski definition) is 1. The first-order chi connectivity index (χ1) is 11.1. The van der Waals surface area contributed by atoms with Crippen LogP contribution in [0, 0.1) is 6.92 Å². The maximum Gasteiger partial charge on any atom is 0.237 e. The van der Waals surface area contributed by atoms with Crippen molar-refractivity contribution >= 4 is 11.6 Å². The van der Waals surface area contributed by atoms with Crippen molar-refractivity contribution in [3.05, 3.63) is 29.8 Å². The van der Waals surface area contributed by atoms with Gasteiger partial charge in [-0.2, -0.15) is 0 Å². The van der Waals surface area contributed by atoms with Crippen molar-refractivity contribution in [2.75, 3.05) is 31.1 Å². The lowest BCUT2D eigenvalue weighted by atomic mass is 10.1. The number of rotatable bonds is 4. The molecule has 1 unspecified atom stereocenters. The minimum atomic E-state index is -0.0189. The zero-order valence-electron chi connectivity index (χ0n) is 14.4. The monoisotopic (exact) mass is 315 g/mol. The van der Waals surface area contributed by atoms with Gasteiger partial charge in [0.2, 0.25) is 5.91 Å². The van der Waals surface area contributed by atoms with Gasteiger partial charge in [0.25, 0.3) is 0 Å². The number of nitrogens with one attached hydrogen (secondary N) is 1. The Hall–Kier alpha value is -1.55. The first-order valence-corrected chi connectivity index (χ1v) is 9.00. The molecule has 3 rings (SSSR count). The van der Waals surface area contributed by atoms with Crippen molar-refractivity contribution in [1.29, 1.82) is 0 Å². The third kappa shape index (κ3) is 3.86. The molecule has 1 heterocycles. The number of hydrogen-bond acceptors (Lipinski definition) is 3. The van der Waals surface area contributed by atoms with Crippen molar-refractivity contribution in [2.24, 2.45) is 0 Å². The van der Waals surface area contributed by atoms with E-state index in [1.54, 1.807) is 0 Å². The Morgan fingerprint density at radius 3 is 2.43 bits per heavy atom. The highest BCUT2D eigenvalue weighted by Crippen LogP contribution is 2.22. The SMILES string of the molecule is Cc1ccccc1N1CCN(C(C)C(=O)NC2CCCC2)CC1. The molecule has 1 saturated heterocycles. The van der Waals surface area contributed by atoms with Crippen LogP contribution in [0.5, 0.6) is 0 Å². The highest BCUT2D eigenvalue weighted by Gasteiger charge is 2.27. The number of carbonyl (C=O) groups excluding carboxylic acids is 1. The first kappa shape index (κ1) is 16.3. The topological polar surface area (TPSA) is 35.6 Å². The largest absolute Gasteiger partial charge is 0.369 e. The molecule has 1 atom stereocenters. The molecule has 23 heavy (non-hydrogen) atoms. The van der Waals surface area contributed by atoms with E-state index < -0.39 is 0 Å². The smallest absolute Gasteiger partial charge is 0.237 e. The van der Waals surface area contributed by atoms with E-state index in [9.17, 15) is 4.79 Å². The number of anilines is 1. The number of para-hydroxylation sites is 1. The van der Waals surface area contributed by atoms with Crippen LogP contribution >= 0.6 is 0 Å². The van der Waals surface area contributed by atoms with Gasteiger partial charge in [-0.05, 0) is 38.3 Å². The molecule has 1 N–H and O–H groups in total. The van der Waals surface area contributed by atoms with E-state index in [-0.39, 0.29) is 11.9 Å². The van der Waals surface area contributed by atoms with Crippen molar-refractivity contribution in [1.82, 2.24) is 10.2 Å². The molecule has 0 bridgehead atoms.